The van der Waals surface area contributed by atoms with E-state index in [0.29, 0.717) is 18.8 Å². The molecule has 0 atom stereocenters. The molecule has 3 N–H and O–H groups in total. The van der Waals surface area contributed by atoms with Crippen molar-refractivity contribution in [1.82, 2.24) is 0 Å². The summed E-state index contributed by atoms with van der Waals surface area (Å²) in [7, 11) is -3.39. The molecule has 0 aromatic heterocycles. The average molecular weight is 420 g/mol. The molecule has 0 aliphatic carbocycles. The van der Waals surface area contributed by atoms with E-state index in [1.165, 1.54) is 15.9 Å². The Labute approximate surface area is 172 Å². The van der Waals surface area contributed by atoms with Gasteiger partial charge < -0.3 is 19.9 Å². The number of amides is 1. The van der Waals surface area contributed by atoms with Gasteiger partial charge in [0.2, 0.25) is 0 Å². The van der Waals surface area contributed by atoms with Gasteiger partial charge in [0.25, 0.3) is 5.91 Å². The topological polar surface area (TPSA) is 81.4 Å². The molecule has 8 heteroatoms. The number of hydrogen-bond donors (Lipinski definition) is 3. The second kappa shape index (κ2) is 9.87. The number of sulfone groups is 1. The molecule has 2 aromatic carbocycles. The molecule has 1 fully saturated rings. The molecule has 0 radical (unpaired) electrons. The maximum atomic E-state index is 12.4. The molecule has 1 heterocycles. The van der Waals surface area contributed by atoms with Crippen molar-refractivity contribution in [3.63, 3.8) is 0 Å². The summed E-state index contributed by atoms with van der Waals surface area (Å²) in [6, 6.07) is 16.3. The van der Waals surface area contributed by atoms with Gasteiger partial charge in [-0.2, -0.15) is 0 Å². The van der Waals surface area contributed by atoms with Crippen LogP contribution in [0.25, 0.3) is 0 Å². The van der Waals surface area contributed by atoms with Crippen LogP contribution in [0.5, 0.6) is 5.75 Å². The highest BCUT2D eigenvalue weighted by Crippen LogP contribution is 2.20. The van der Waals surface area contributed by atoms with E-state index in [4.69, 9.17) is 4.74 Å². The van der Waals surface area contributed by atoms with Crippen LogP contribution in [-0.2, 0) is 14.6 Å². The summed E-state index contributed by atoms with van der Waals surface area (Å²) in [5.74, 6) is 0.731. The molecular formula is C21H29N3O4S+2. The van der Waals surface area contributed by atoms with Gasteiger partial charge in [-0.25, -0.2) is 8.42 Å². The van der Waals surface area contributed by atoms with Crippen LogP contribution in [0.4, 0.5) is 5.69 Å². The molecule has 0 bridgehead atoms. The fourth-order valence-electron chi connectivity index (χ4n) is 3.53. The smallest absolute Gasteiger partial charge is 0.279 e. The number of carbonyl (C=O) groups excluding carboxylic acids is 1. The van der Waals surface area contributed by atoms with Gasteiger partial charge in [0, 0.05) is 6.26 Å². The van der Waals surface area contributed by atoms with Crippen LogP contribution in [-0.4, -0.2) is 66.5 Å². The Balaban J connectivity index is 1.41. The lowest BCUT2D eigenvalue weighted by atomic mass is 10.3. The third-order valence-electron chi connectivity index (χ3n) is 5.10. The van der Waals surface area contributed by atoms with Crippen LogP contribution in [0.15, 0.2) is 59.5 Å². The van der Waals surface area contributed by atoms with Crippen LogP contribution in [0.2, 0.25) is 0 Å². The number of nitrogens with one attached hydrogen (secondary N) is 3. The number of benzene rings is 2. The molecule has 156 valence electrons. The van der Waals surface area contributed by atoms with Gasteiger partial charge in [-0.1, -0.05) is 30.3 Å². The first-order chi connectivity index (χ1) is 13.9. The van der Waals surface area contributed by atoms with Crippen LogP contribution in [0, 0.1) is 0 Å². The summed E-state index contributed by atoms with van der Waals surface area (Å²) in [4.78, 5) is 15.3. The Morgan fingerprint density at radius 2 is 1.59 bits per heavy atom. The number of carbonyl (C=O) groups is 1. The Morgan fingerprint density at radius 1 is 0.966 bits per heavy atom. The van der Waals surface area contributed by atoms with Crippen molar-refractivity contribution in [3.8, 4) is 5.75 Å². The minimum atomic E-state index is -3.39. The van der Waals surface area contributed by atoms with Crippen LogP contribution < -0.4 is 19.9 Å². The number of quaternary nitrogens is 2. The molecule has 7 nitrogen and oxygen atoms in total. The van der Waals surface area contributed by atoms with Gasteiger partial charge in [-0.05, 0) is 24.3 Å². The van der Waals surface area contributed by atoms with Crippen LogP contribution in [0.3, 0.4) is 0 Å². The molecule has 2 aromatic rings. The highest BCUT2D eigenvalue weighted by atomic mass is 32.2. The monoisotopic (exact) mass is 419 g/mol. The van der Waals surface area contributed by atoms with Gasteiger partial charge in [0.05, 0.1) is 10.6 Å². The van der Waals surface area contributed by atoms with E-state index in [1.807, 2.05) is 30.3 Å². The Hall–Kier alpha value is -2.42. The predicted octanol–water partition coefficient (Wildman–Crippen LogP) is -1.11. The Kier molecular flexibility index (Phi) is 7.24. The fourth-order valence-corrected chi connectivity index (χ4v) is 4.37. The molecule has 0 unspecified atom stereocenters. The zero-order chi connectivity index (χ0) is 20.7. The number of hydrogen-bond acceptors (Lipinski definition) is 4. The third kappa shape index (κ3) is 6.56. The molecule has 29 heavy (non-hydrogen) atoms. The summed E-state index contributed by atoms with van der Waals surface area (Å²) in [6.45, 7) is 5.74. The highest BCUT2D eigenvalue weighted by molar-refractivity contribution is 7.90. The average Bonchev–Trinajstić information content (AvgIpc) is 2.70. The van der Waals surface area contributed by atoms with E-state index >= 15 is 0 Å². The molecule has 1 aliphatic heterocycles. The Morgan fingerprint density at radius 3 is 2.28 bits per heavy atom. The summed E-state index contributed by atoms with van der Waals surface area (Å²) in [5.41, 5.74) is 0.349. The van der Waals surface area contributed by atoms with Crippen molar-refractivity contribution in [2.24, 2.45) is 0 Å². The molecule has 1 amide bonds. The lowest BCUT2D eigenvalue weighted by molar-refractivity contribution is -1.01. The van der Waals surface area contributed by atoms with Gasteiger partial charge in [0.1, 0.15) is 45.1 Å². The number of para-hydroxylation sites is 2. The van der Waals surface area contributed by atoms with Crippen molar-refractivity contribution >= 4 is 21.4 Å². The molecule has 0 saturated carbocycles. The summed E-state index contributed by atoms with van der Waals surface area (Å²) < 4.78 is 29.5. The van der Waals surface area contributed by atoms with Gasteiger partial charge in [-0.15, -0.1) is 0 Å². The largest absolute Gasteiger partial charge is 0.488 e. The third-order valence-corrected chi connectivity index (χ3v) is 6.26. The first-order valence-electron chi connectivity index (χ1n) is 9.86. The van der Waals surface area contributed by atoms with Crippen LogP contribution in [0.1, 0.15) is 0 Å². The van der Waals surface area contributed by atoms with E-state index < -0.39 is 9.84 Å². The van der Waals surface area contributed by atoms with Crippen molar-refractivity contribution in [2.75, 3.05) is 57.4 Å². The van der Waals surface area contributed by atoms with Gasteiger partial charge in [0.15, 0.2) is 16.4 Å². The van der Waals surface area contributed by atoms with Gasteiger partial charge >= 0.3 is 0 Å². The van der Waals surface area contributed by atoms with E-state index in [-0.39, 0.29) is 10.8 Å². The summed E-state index contributed by atoms with van der Waals surface area (Å²) >= 11 is 0. The standard InChI is InChI=1S/C21H27N3O4S/c1-29(26,27)20-10-6-5-9-19(20)22-21(25)17-24-13-11-23(12-14-24)15-16-28-18-7-3-2-4-8-18/h2-10H,11-17H2,1H3,(H,22,25)/p+2. The lowest BCUT2D eigenvalue weighted by Crippen LogP contribution is -3.28. The SMILES string of the molecule is CS(=O)(=O)c1ccccc1NC(=O)C[NH+]1CC[NH+](CCOc2ccccc2)CC1. The van der Waals surface area contributed by atoms with Crippen molar-refractivity contribution < 1.29 is 27.7 Å². The maximum absolute atomic E-state index is 12.4. The molecule has 1 saturated heterocycles. The second-order valence-electron chi connectivity index (χ2n) is 7.40. The van der Waals surface area contributed by atoms with Gasteiger partial charge in [-0.3, -0.25) is 4.79 Å². The fraction of sp³-hybridized carbons (Fsp3) is 0.381. The zero-order valence-electron chi connectivity index (χ0n) is 16.7. The predicted molar refractivity (Wildman–Crippen MR) is 111 cm³/mol. The van der Waals surface area contributed by atoms with E-state index in [2.05, 4.69) is 5.32 Å². The Bertz CT molecular complexity index is 911. The zero-order valence-corrected chi connectivity index (χ0v) is 17.5. The van der Waals surface area contributed by atoms with Crippen molar-refractivity contribution in [3.05, 3.63) is 54.6 Å². The van der Waals surface area contributed by atoms with Crippen molar-refractivity contribution in [2.45, 2.75) is 4.90 Å². The number of rotatable bonds is 8. The molecule has 0 spiro atoms. The van der Waals surface area contributed by atoms with E-state index in [0.717, 1.165) is 44.7 Å². The first kappa shape index (κ1) is 21.3. The number of piperazine rings is 1. The maximum Gasteiger partial charge on any atom is 0.279 e. The minimum absolute atomic E-state index is 0.149. The summed E-state index contributed by atoms with van der Waals surface area (Å²) in [5, 5.41) is 2.76. The normalized spacial score (nSPS) is 19.5. The van der Waals surface area contributed by atoms with E-state index in [1.54, 1.807) is 18.2 Å². The minimum Gasteiger partial charge on any atom is -0.488 e. The molecule has 1 aliphatic rings. The highest BCUT2D eigenvalue weighted by Gasteiger charge is 2.25. The molecular weight excluding hydrogens is 390 g/mol. The number of anilines is 1. The quantitative estimate of drug-likeness (QED) is 0.507. The summed E-state index contributed by atoms with van der Waals surface area (Å²) in [6.07, 6.45) is 1.15. The van der Waals surface area contributed by atoms with Crippen LogP contribution >= 0.6 is 0 Å². The first-order valence-corrected chi connectivity index (χ1v) is 11.7. The lowest BCUT2D eigenvalue weighted by Gasteiger charge is -2.29. The van der Waals surface area contributed by atoms with E-state index in [9.17, 15) is 13.2 Å². The van der Waals surface area contributed by atoms with Crippen molar-refractivity contribution in [1.29, 1.82) is 0 Å². The molecule has 3 rings (SSSR count). The second-order valence-corrected chi connectivity index (χ2v) is 9.39. The number of ether oxygens (including phenoxy) is 1.